The molecule has 19 heavy (non-hydrogen) atoms. The highest BCUT2D eigenvalue weighted by Crippen LogP contribution is 2.27. The maximum absolute atomic E-state index is 12.6. The Balaban J connectivity index is 2.37. The molecule has 0 bridgehead atoms. The predicted molar refractivity (Wildman–Crippen MR) is 68.1 cm³/mol. The molecular formula is C12H19NO5S. The molecule has 7 heteroatoms. The van der Waals surface area contributed by atoms with Crippen LogP contribution in [0.5, 0.6) is 0 Å². The third kappa shape index (κ3) is 2.69. The van der Waals surface area contributed by atoms with Crippen molar-refractivity contribution in [3.63, 3.8) is 0 Å². The Bertz CT molecular complexity index is 550. The Labute approximate surface area is 113 Å². The van der Waals surface area contributed by atoms with Gasteiger partial charge in [0.1, 0.15) is 23.0 Å². The normalized spacial score (nSPS) is 25.7. The first-order valence-corrected chi connectivity index (χ1v) is 7.64. The Morgan fingerprint density at radius 2 is 2.16 bits per heavy atom. The molecular weight excluding hydrogens is 270 g/mol. The molecule has 108 valence electrons. The van der Waals surface area contributed by atoms with Gasteiger partial charge in [-0.25, -0.2) is 8.42 Å². The molecule has 1 saturated heterocycles. The second-order valence-electron chi connectivity index (χ2n) is 4.86. The number of sulfonamides is 1. The molecule has 1 aromatic heterocycles. The van der Waals surface area contributed by atoms with Gasteiger partial charge in [0.15, 0.2) is 0 Å². The number of ether oxygens (including phenoxy) is 1. The van der Waals surface area contributed by atoms with Gasteiger partial charge in [-0.1, -0.05) is 0 Å². The van der Waals surface area contributed by atoms with Crippen LogP contribution in [0, 0.1) is 6.92 Å². The molecule has 0 spiro atoms. The minimum atomic E-state index is -3.62. The van der Waals surface area contributed by atoms with Crippen LogP contribution in [-0.4, -0.2) is 43.1 Å². The summed E-state index contributed by atoms with van der Waals surface area (Å²) in [5, 5.41) is 9.02. The smallest absolute Gasteiger partial charge is 0.246 e. The monoisotopic (exact) mass is 289 g/mol. The molecule has 0 amide bonds. The van der Waals surface area contributed by atoms with Crippen molar-refractivity contribution >= 4 is 10.0 Å². The van der Waals surface area contributed by atoms with E-state index in [-0.39, 0.29) is 29.4 Å². The highest BCUT2D eigenvalue weighted by molar-refractivity contribution is 7.89. The van der Waals surface area contributed by atoms with E-state index in [9.17, 15) is 8.42 Å². The number of rotatable bonds is 3. The molecule has 2 heterocycles. The van der Waals surface area contributed by atoms with Gasteiger partial charge in [0.2, 0.25) is 10.0 Å². The lowest BCUT2D eigenvalue weighted by Gasteiger charge is -2.35. The van der Waals surface area contributed by atoms with Gasteiger partial charge in [0.25, 0.3) is 0 Å². The number of furan rings is 1. The van der Waals surface area contributed by atoms with Gasteiger partial charge < -0.3 is 14.3 Å². The van der Waals surface area contributed by atoms with Crippen LogP contribution < -0.4 is 0 Å². The number of aliphatic hydroxyl groups is 1. The Hall–Kier alpha value is -0.890. The number of morpholine rings is 1. The van der Waals surface area contributed by atoms with Gasteiger partial charge in [-0.05, 0) is 20.8 Å². The fourth-order valence-corrected chi connectivity index (χ4v) is 4.07. The summed E-state index contributed by atoms with van der Waals surface area (Å²) in [7, 11) is -3.62. The van der Waals surface area contributed by atoms with Crippen LogP contribution in [0.2, 0.25) is 0 Å². The molecule has 1 N–H and O–H groups in total. The third-order valence-corrected chi connectivity index (χ3v) is 5.30. The van der Waals surface area contributed by atoms with Crippen LogP contribution in [0.25, 0.3) is 0 Å². The van der Waals surface area contributed by atoms with Gasteiger partial charge >= 0.3 is 0 Å². The van der Waals surface area contributed by atoms with Gasteiger partial charge in [0, 0.05) is 18.7 Å². The average Bonchev–Trinajstić information content (AvgIpc) is 2.74. The second kappa shape index (κ2) is 5.24. The maximum Gasteiger partial charge on any atom is 0.246 e. The van der Waals surface area contributed by atoms with Gasteiger partial charge in [-0.3, -0.25) is 0 Å². The quantitative estimate of drug-likeness (QED) is 0.893. The summed E-state index contributed by atoms with van der Waals surface area (Å²) >= 11 is 0. The van der Waals surface area contributed by atoms with Crippen LogP contribution in [0.4, 0.5) is 0 Å². The fraction of sp³-hybridized carbons (Fsp3) is 0.667. The molecule has 0 aliphatic carbocycles. The number of nitrogens with zero attached hydrogens (tertiary/aromatic N) is 1. The minimum absolute atomic E-state index is 0.123. The number of hydrogen-bond acceptors (Lipinski definition) is 5. The van der Waals surface area contributed by atoms with E-state index in [4.69, 9.17) is 14.3 Å². The summed E-state index contributed by atoms with van der Waals surface area (Å²) in [4.78, 5) is 0.123. The summed E-state index contributed by atoms with van der Waals surface area (Å²) in [6.07, 6.45) is -0.129. The first-order chi connectivity index (χ1) is 8.86. The second-order valence-corrected chi connectivity index (χ2v) is 6.72. The molecule has 1 aliphatic heterocycles. The molecule has 1 aliphatic rings. The van der Waals surface area contributed by atoms with E-state index in [1.54, 1.807) is 6.92 Å². The Kier molecular flexibility index (Phi) is 4.00. The predicted octanol–water partition coefficient (Wildman–Crippen LogP) is 0.878. The number of hydrogen-bond donors (Lipinski definition) is 1. The van der Waals surface area contributed by atoms with Crippen molar-refractivity contribution in [2.24, 2.45) is 0 Å². The molecule has 1 fully saturated rings. The average molecular weight is 289 g/mol. The third-order valence-electron chi connectivity index (χ3n) is 3.22. The SMILES string of the molecule is Cc1oc(CO)cc1S(=O)(=O)N1CC(C)OCC1C. The topological polar surface area (TPSA) is 80.0 Å². The van der Waals surface area contributed by atoms with Crippen LogP contribution in [-0.2, 0) is 21.4 Å². The first kappa shape index (κ1) is 14.5. The van der Waals surface area contributed by atoms with E-state index in [0.717, 1.165) is 0 Å². The lowest BCUT2D eigenvalue weighted by molar-refractivity contribution is -0.0170. The van der Waals surface area contributed by atoms with Gasteiger partial charge in [0.05, 0.1) is 12.7 Å². The van der Waals surface area contributed by atoms with E-state index in [1.807, 2.05) is 13.8 Å². The summed E-state index contributed by atoms with van der Waals surface area (Å²) in [5.41, 5.74) is 0. The summed E-state index contributed by atoms with van der Waals surface area (Å²) in [5.74, 6) is 0.556. The minimum Gasteiger partial charge on any atom is -0.462 e. The highest BCUT2D eigenvalue weighted by atomic mass is 32.2. The van der Waals surface area contributed by atoms with Gasteiger partial charge in [-0.15, -0.1) is 0 Å². The van der Waals surface area contributed by atoms with Crippen molar-refractivity contribution in [3.05, 3.63) is 17.6 Å². The lowest BCUT2D eigenvalue weighted by atomic mass is 10.2. The molecule has 2 atom stereocenters. The van der Waals surface area contributed by atoms with Crippen molar-refractivity contribution in [3.8, 4) is 0 Å². The standard InChI is InChI=1S/C12H19NO5S/c1-8-7-17-9(2)5-13(8)19(15,16)12-4-11(6-14)18-10(12)3/h4,8-9,14H,5-7H2,1-3H3. The summed E-state index contributed by atoms with van der Waals surface area (Å²) in [6.45, 7) is 5.63. The van der Waals surface area contributed by atoms with E-state index < -0.39 is 10.0 Å². The van der Waals surface area contributed by atoms with Crippen LogP contribution in [0.15, 0.2) is 15.4 Å². The molecule has 0 aromatic carbocycles. The zero-order valence-corrected chi connectivity index (χ0v) is 12.1. The zero-order chi connectivity index (χ0) is 14.2. The molecule has 2 rings (SSSR count). The van der Waals surface area contributed by atoms with E-state index in [2.05, 4.69) is 0 Å². The largest absolute Gasteiger partial charge is 0.462 e. The molecule has 0 saturated carbocycles. The molecule has 6 nitrogen and oxygen atoms in total. The van der Waals surface area contributed by atoms with Crippen LogP contribution in [0.1, 0.15) is 25.4 Å². The van der Waals surface area contributed by atoms with Gasteiger partial charge in [-0.2, -0.15) is 4.31 Å². The number of aryl methyl sites for hydroxylation is 1. The van der Waals surface area contributed by atoms with Crippen molar-refractivity contribution in [2.45, 2.75) is 44.4 Å². The lowest BCUT2D eigenvalue weighted by Crippen LogP contribution is -2.50. The molecule has 2 unspecified atom stereocenters. The Morgan fingerprint density at radius 1 is 1.47 bits per heavy atom. The summed E-state index contributed by atoms with van der Waals surface area (Å²) in [6, 6.07) is 1.17. The Morgan fingerprint density at radius 3 is 2.74 bits per heavy atom. The van der Waals surface area contributed by atoms with E-state index in [0.29, 0.717) is 18.9 Å². The zero-order valence-electron chi connectivity index (χ0n) is 11.3. The number of aliphatic hydroxyl groups excluding tert-OH is 1. The van der Waals surface area contributed by atoms with E-state index >= 15 is 0 Å². The van der Waals surface area contributed by atoms with Crippen LogP contribution in [0.3, 0.4) is 0 Å². The first-order valence-electron chi connectivity index (χ1n) is 6.20. The fourth-order valence-electron chi connectivity index (χ4n) is 2.19. The highest BCUT2D eigenvalue weighted by Gasteiger charge is 2.36. The van der Waals surface area contributed by atoms with Crippen molar-refractivity contribution < 1.29 is 22.7 Å². The maximum atomic E-state index is 12.6. The van der Waals surface area contributed by atoms with Crippen molar-refractivity contribution in [1.82, 2.24) is 4.31 Å². The molecule has 0 radical (unpaired) electrons. The van der Waals surface area contributed by atoms with Crippen molar-refractivity contribution in [1.29, 1.82) is 0 Å². The van der Waals surface area contributed by atoms with E-state index in [1.165, 1.54) is 10.4 Å². The molecule has 1 aromatic rings. The van der Waals surface area contributed by atoms with Crippen molar-refractivity contribution in [2.75, 3.05) is 13.2 Å². The van der Waals surface area contributed by atoms with Crippen LogP contribution >= 0.6 is 0 Å². The summed E-state index contributed by atoms with van der Waals surface area (Å²) < 4.78 is 37.3.